The summed E-state index contributed by atoms with van der Waals surface area (Å²) in [5, 5.41) is 13.8. The molecule has 1 N–H and O–H groups in total. The number of nitrogens with zero attached hydrogens (tertiary/aromatic N) is 1. The second kappa shape index (κ2) is 10.0. The number of Topliss-reactive ketones (excluding diaryl/α,β-unsaturated/α-hetero) is 1. The number of para-hydroxylation sites is 1. The maximum Gasteiger partial charge on any atom is 0.340 e. The van der Waals surface area contributed by atoms with Gasteiger partial charge in [0.05, 0.1) is 10.5 Å². The Labute approximate surface area is 178 Å². The lowest BCUT2D eigenvalue weighted by atomic mass is 10.1. The van der Waals surface area contributed by atoms with Crippen molar-refractivity contribution < 1.29 is 24.0 Å². The fourth-order valence-corrected chi connectivity index (χ4v) is 2.78. The Hall–Kier alpha value is -4.20. The zero-order chi connectivity index (χ0) is 22.2. The molecule has 158 valence electrons. The lowest BCUT2D eigenvalue weighted by Gasteiger charge is -2.10. The van der Waals surface area contributed by atoms with Crippen LogP contribution in [0.3, 0.4) is 0 Å². The predicted molar refractivity (Wildman–Crippen MR) is 115 cm³/mol. The van der Waals surface area contributed by atoms with Crippen molar-refractivity contribution in [1.29, 1.82) is 0 Å². The van der Waals surface area contributed by atoms with Gasteiger partial charge in [-0.3, -0.25) is 14.9 Å². The summed E-state index contributed by atoms with van der Waals surface area (Å²) in [6.07, 6.45) is 0. The molecule has 31 heavy (non-hydrogen) atoms. The minimum absolute atomic E-state index is 0.0315. The van der Waals surface area contributed by atoms with Crippen LogP contribution in [0.4, 0.5) is 11.4 Å². The van der Waals surface area contributed by atoms with Crippen molar-refractivity contribution in [3.8, 4) is 11.5 Å². The first kappa shape index (κ1) is 21.5. The van der Waals surface area contributed by atoms with Gasteiger partial charge in [-0.2, -0.15) is 0 Å². The van der Waals surface area contributed by atoms with E-state index in [9.17, 15) is 19.7 Å². The van der Waals surface area contributed by atoms with Gasteiger partial charge in [0.1, 0.15) is 11.5 Å². The number of ether oxygens (including phenoxy) is 2. The monoisotopic (exact) mass is 420 g/mol. The standard InChI is InChI=1S/C23H20N2O6/c1-2-24-21-6-4-3-5-20(21)23(27)30-15-22(26)16-7-11-18(12-8-16)31-19-13-9-17(10-14-19)25(28)29/h3-14,24H,2,15H2,1H3. The van der Waals surface area contributed by atoms with Crippen molar-refractivity contribution in [2.75, 3.05) is 18.5 Å². The summed E-state index contributed by atoms with van der Waals surface area (Å²) < 4.78 is 10.8. The van der Waals surface area contributed by atoms with Gasteiger partial charge < -0.3 is 14.8 Å². The van der Waals surface area contributed by atoms with Crippen LogP contribution in [0.15, 0.2) is 72.8 Å². The van der Waals surface area contributed by atoms with Crippen LogP contribution in [0.25, 0.3) is 0 Å². The van der Waals surface area contributed by atoms with Gasteiger partial charge in [0, 0.05) is 29.9 Å². The molecule has 0 spiro atoms. The number of nitro benzene ring substituents is 1. The molecule has 0 unspecified atom stereocenters. The summed E-state index contributed by atoms with van der Waals surface area (Å²) in [7, 11) is 0. The number of carbonyl (C=O) groups excluding carboxylic acids is 2. The van der Waals surface area contributed by atoms with E-state index < -0.39 is 10.9 Å². The van der Waals surface area contributed by atoms with Gasteiger partial charge in [0.15, 0.2) is 12.4 Å². The van der Waals surface area contributed by atoms with Gasteiger partial charge in [0.2, 0.25) is 0 Å². The average Bonchev–Trinajstić information content (AvgIpc) is 2.78. The smallest absolute Gasteiger partial charge is 0.340 e. The molecular formula is C23H20N2O6. The van der Waals surface area contributed by atoms with Crippen molar-refractivity contribution >= 4 is 23.1 Å². The molecule has 0 aromatic heterocycles. The summed E-state index contributed by atoms with van der Waals surface area (Å²) in [6.45, 7) is 2.18. The van der Waals surface area contributed by atoms with E-state index in [1.54, 1.807) is 48.5 Å². The van der Waals surface area contributed by atoms with Crippen molar-refractivity contribution in [3.63, 3.8) is 0 Å². The number of nitro groups is 1. The number of rotatable bonds is 9. The molecule has 0 bridgehead atoms. The zero-order valence-corrected chi connectivity index (χ0v) is 16.7. The summed E-state index contributed by atoms with van der Waals surface area (Å²) in [4.78, 5) is 34.9. The van der Waals surface area contributed by atoms with E-state index >= 15 is 0 Å². The number of carbonyl (C=O) groups is 2. The van der Waals surface area contributed by atoms with E-state index in [1.807, 2.05) is 6.92 Å². The Morgan fingerprint density at radius 2 is 1.55 bits per heavy atom. The van der Waals surface area contributed by atoms with Crippen molar-refractivity contribution in [2.24, 2.45) is 0 Å². The SMILES string of the molecule is CCNc1ccccc1C(=O)OCC(=O)c1ccc(Oc2ccc([N+](=O)[O-])cc2)cc1. The molecule has 0 fully saturated rings. The highest BCUT2D eigenvalue weighted by Gasteiger charge is 2.15. The highest BCUT2D eigenvalue weighted by atomic mass is 16.6. The minimum atomic E-state index is -0.581. The van der Waals surface area contributed by atoms with Crippen LogP contribution in [0, 0.1) is 10.1 Å². The predicted octanol–water partition coefficient (Wildman–Crippen LogP) is 4.86. The maximum atomic E-state index is 12.4. The fourth-order valence-electron chi connectivity index (χ4n) is 2.78. The molecule has 0 saturated carbocycles. The second-order valence-electron chi connectivity index (χ2n) is 6.45. The number of hydrogen-bond donors (Lipinski definition) is 1. The topological polar surface area (TPSA) is 108 Å². The van der Waals surface area contributed by atoms with E-state index in [0.29, 0.717) is 34.9 Å². The Morgan fingerprint density at radius 1 is 0.935 bits per heavy atom. The van der Waals surface area contributed by atoms with Crippen LogP contribution in [0.5, 0.6) is 11.5 Å². The number of non-ortho nitro benzene ring substituents is 1. The Morgan fingerprint density at radius 3 is 2.16 bits per heavy atom. The van der Waals surface area contributed by atoms with Crippen LogP contribution < -0.4 is 10.1 Å². The van der Waals surface area contributed by atoms with E-state index in [4.69, 9.17) is 9.47 Å². The zero-order valence-electron chi connectivity index (χ0n) is 16.7. The highest BCUT2D eigenvalue weighted by molar-refractivity contribution is 6.00. The molecular weight excluding hydrogens is 400 g/mol. The van der Waals surface area contributed by atoms with Gasteiger partial charge >= 0.3 is 5.97 Å². The molecule has 3 aromatic carbocycles. The van der Waals surface area contributed by atoms with E-state index in [-0.39, 0.29) is 18.1 Å². The normalized spacial score (nSPS) is 10.2. The van der Waals surface area contributed by atoms with E-state index in [2.05, 4.69) is 5.32 Å². The fraction of sp³-hybridized carbons (Fsp3) is 0.130. The van der Waals surface area contributed by atoms with Gasteiger partial charge in [-0.15, -0.1) is 0 Å². The van der Waals surface area contributed by atoms with Crippen molar-refractivity contribution in [3.05, 3.63) is 94.0 Å². The number of benzene rings is 3. The molecule has 0 amide bonds. The summed E-state index contributed by atoms with van der Waals surface area (Å²) in [5.74, 6) is -0.0425. The molecule has 3 rings (SSSR count). The molecule has 0 heterocycles. The molecule has 0 aliphatic carbocycles. The second-order valence-corrected chi connectivity index (χ2v) is 6.45. The van der Waals surface area contributed by atoms with E-state index in [0.717, 1.165) is 0 Å². The third kappa shape index (κ3) is 5.66. The molecule has 0 aliphatic heterocycles. The van der Waals surface area contributed by atoms with Crippen LogP contribution >= 0.6 is 0 Å². The third-order valence-corrected chi connectivity index (χ3v) is 4.31. The van der Waals surface area contributed by atoms with Gasteiger partial charge in [0.25, 0.3) is 5.69 Å². The largest absolute Gasteiger partial charge is 0.457 e. The van der Waals surface area contributed by atoms with Crippen molar-refractivity contribution in [1.82, 2.24) is 0 Å². The van der Waals surface area contributed by atoms with Gasteiger partial charge in [-0.05, 0) is 55.5 Å². The number of esters is 1. The van der Waals surface area contributed by atoms with Crippen molar-refractivity contribution in [2.45, 2.75) is 6.92 Å². The maximum absolute atomic E-state index is 12.4. The minimum Gasteiger partial charge on any atom is -0.457 e. The quantitative estimate of drug-likeness (QED) is 0.228. The molecule has 0 saturated heterocycles. The van der Waals surface area contributed by atoms with Crippen LogP contribution in [-0.2, 0) is 4.74 Å². The van der Waals surface area contributed by atoms with Gasteiger partial charge in [-0.25, -0.2) is 4.79 Å². The first-order valence-corrected chi connectivity index (χ1v) is 9.53. The molecule has 0 radical (unpaired) electrons. The first-order valence-electron chi connectivity index (χ1n) is 9.53. The van der Waals surface area contributed by atoms with Crippen LogP contribution in [0.2, 0.25) is 0 Å². The average molecular weight is 420 g/mol. The Kier molecular flexibility index (Phi) is 6.95. The summed E-state index contributed by atoms with van der Waals surface area (Å²) in [5.41, 5.74) is 1.35. The number of anilines is 1. The summed E-state index contributed by atoms with van der Waals surface area (Å²) >= 11 is 0. The number of nitrogens with one attached hydrogen (secondary N) is 1. The highest BCUT2D eigenvalue weighted by Crippen LogP contribution is 2.24. The lowest BCUT2D eigenvalue weighted by molar-refractivity contribution is -0.384. The Bertz CT molecular complexity index is 1080. The Balaban J connectivity index is 1.58. The third-order valence-electron chi connectivity index (χ3n) is 4.31. The number of hydrogen-bond acceptors (Lipinski definition) is 7. The molecule has 0 aliphatic rings. The summed E-state index contributed by atoms with van der Waals surface area (Å²) in [6, 6.07) is 18.9. The van der Waals surface area contributed by atoms with Crippen LogP contribution in [-0.4, -0.2) is 29.8 Å². The molecule has 0 atom stereocenters. The molecule has 3 aromatic rings. The molecule has 8 nitrogen and oxygen atoms in total. The lowest BCUT2D eigenvalue weighted by Crippen LogP contribution is -2.15. The van der Waals surface area contributed by atoms with Crippen LogP contribution in [0.1, 0.15) is 27.6 Å². The molecule has 8 heteroatoms. The first-order chi connectivity index (χ1) is 15.0. The van der Waals surface area contributed by atoms with Gasteiger partial charge in [-0.1, -0.05) is 12.1 Å². The number of ketones is 1. The van der Waals surface area contributed by atoms with E-state index in [1.165, 1.54) is 24.3 Å².